The van der Waals surface area contributed by atoms with Crippen molar-refractivity contribution in [3.63, 3.8) is 0 Å². The fourth-order valence-electron chi connectivity index (χ4n) is 4.53. The van der Waals surface area contributed by atoms with Crippen LogP contribution in [-0.2, 0) is 39.9 Å². The molecule has 1 saturated carbocycles. The van der Waals surface area contributed by atoms with Crippen molar-refractivity contribution in [1.82, 2.24) is 0 Å². The average molecular weight is 423 g/mol. The molecule has 1 aliphatic carbocycles. The maximum Gasteiger partial charge on any atom is 0.350 e. The van der Waals surface area contributed by atoms with E-state index in [1.54, 1.807) is 6.92 Å². The van der Waals surface area contributed by atoms with Gasteiger partial charge in [0.2, 0.25) is 6.10 Å². The van der Waals surface area contributed by atoms with Gasteiger partial charge >= 0.3 is 11.9 Å². The second-order valence-electron chi connectivity index (χ2n) is 8.07. The minimum absolute atomic E-state index is 0.0801. The highest BCUT2D eigenvalue weighted by atomic mass is 16.7. The average Bonchev–Trinajstić information content (AvgIpc) is 2.70. The second-order valence-corrected chi connectivity index (χ2v) is 8.07. The lowest BCUT2D eigenvalue weighted by Gasteiger charge is -2.59. The molecule has 3 unspecified atom stereocenters. The molecule has 1 saturated heterocycles. The van der Waals surface area contributed by atoms with Crippen LogP contribution in [0.15, 0.2) is 30.3 Å². The summed E-state index contributed by atoms with van der Waals surface area (Å²) in [7, 11) is 2.86. The Kier molecular flexibility index (Phi) is 6.49. The van der Waals surface area contributed by atoms with Gasteiger partial charge in [0.1, 0.15) is 17.2 Å². The number of benzene rings is 1. The van der Waals surface area contributed by atoms with E-state index in [2.05, 4.69) is 0 Å². The number of hydrogen-bond donors (Lipinski definition) is 2. The molecule has 1 aromatic rings. The molecular formula is C21H29NO8. The summed E-state index contributed by atoms with van der Waals surface area (Å²) in [4.78, 5) is 24.5. The first-order valence-electron chi connectivity index (χ1n) is 9.75. The van der Waals surface area contributed by atoms with E-state index >= 15 is 0 Å². The number of rotatable bonds is 7. The zero-order valence-electron chi connectivity index (χ0n) is 17.6. The first-order chi connectivity index (χ1) is 14.1. The molecule has 0 aromatic heterocycles. The molecule has 1 aliphatic heterocycles. The number of fused-ring (bicyclic) bond motifs is 2. The summed E-state index contributed by atoms with van der Waals surface area (Å²) >= 11 is 0. The van der Waals surface area contributed by atoms with E-state index in [9.17, 15) is 14.7 Å². The summed E-state index contributed by atoms with van der Waals surface area (Å²) < 4.78 is 27.8. The van der Waals surface area contributed by atoms with E-state index in [0.717, 1.165) is 5.56 Å². The van der Waals surface area contributed by atoms with Crippen LogP contribution >= 0.6 is 0 Å². The Hall–Kier alpha value is -2.04. The van der Waals surface area contributed by atoms with Crippen molar-refractivity contribution >= 4 is 11.9 Å². The number of carbonyl (C=O) groups excluding carboxylic acids is 2. The molecule has 9 heteroatoms. The van der Waals surface area contributed by atoms with Crippen LogP contribution < -0.4 is 5.73 Å². The number of nitrogens with two attached hydrogens (primary N) is 1. The van der Waals surface area contributed by atoms with Gasteiger partial charge in [-0.15, -0.1) is 0 Å². The Morgan fingerprint density at radius 3 is 2.50 bits per heavy atom. The van der Waals surface area contributed by atoms with E-state index in [-0.39, 0.29) is 13.0 Å². The third kappa shape index (κ3) is 3.95. The Morgan fingerprint density at radius 1 is 1.30 bits per heavy atom. The van der Waals surface area contributed by atoms with Crippen molar-refractivity contribution in [2.45, 2.75) is 62.6 Å². The molecule has 0 radical (unpaired) electrons. The number of carbonyl (C=O) groups is 2. The van der Waals surface area contributed by atoms with Crippen LogP contribution in [0.25, 0.3) is 0 Å². The summed E-state index contributed by atoms with van der Waals surface area (Å²) in [5.41, 5.74) is 4.67. The third-order valence-electron chi connectivity index (χ3n) is 5.92. The third-order valence-corrected chi connectivity index (χ3v) is 5.92. The summed E-state index contributed by atoms with van der Waals surface area (Å²) in [5.74, 6) is -2.27. The maximum atomic E-state index is 12.8. The molecule has 6 atom stereocenters. The fraction of sp³-hybridized carbons (Fsp3) is 0.619. The van der Waals surface area contributed by atoms with Crippen molar-refractivity contribution in [3.8, 4) is 0 Å². The van der Waals surface area contributed by atoms with Crippen LogP contribution in [-0.4, -0.2) is 67.0 Å². The monoisotopic (exact) mass is 423 g/mol. The van der Waals surface area contributed by atoms with Gasteiger partial charge in [0.15, 0.2) is 12.4 Å². The van der Waals surface area contributed by atoms with Crippen molar-refractivity contribution < 1.29 is 38.4 Å². The lowest BCUT2D eigenvalue weighted by molar-refractivity contribution is -0.292. The van der Waals surface area contributed by atoms with Crippen molar-refractivity contribution in [1.29, 1.82) is 0 Å². The number of hydrogen-bond acceptors (Lipinski definition) is 9. The van der Waals surface area contributed by atoms with Crippen LogP contribution in [0, 0.1) is 5.92 Å². The highest BCUT2D eigenvalue weighted by molar-refractivity contribution is 5.82. The number of ether oxygens (including phenoxy) is 5. The van der Waals surface area contributed by atoms with Gasteiger partial charge < -0.3 is 34.5 Å². The molecule has 3 N–H and O–H groups in total. The Balaban J connectivity index is 2.05. The summed E-state index contributed by atoms with van der Waals surface area (Å²) in [6.07, 6.45) is -4.29. The molecule has 166 valence electrons. The van der Waals surface area contributed by atoms with Gasteiger partial charge in [0.25, 0.3) is 0 Å². The minimum Gasteiger partial charge on any atom is -0.454 e. The lowest BCUT2D eigenvalue weighted by Crippen LogP contribution is -2.82. The van der Waals surface area contributed by atoms with Crippen LogP contribution in [0.1, 0.15) is 25.8 Å². The zero-order chi connectivity index (χ0) is 22.1. The first kappa shape index (κ1) is 22.6. The van der Waals surface area contributed by atoms with Crippen molar-refractivity contribution in [3.05, 3.63) is 35.9 Å². The molecule has 0 amide bonds. The van der Waals surface area contributed by atoms with Gasteiger partial charge in [-0.25, -0.2) is 4.79 Å². The Bertz CT molecular complexity index is 766. The van der Waals surface area contributed by atoms with E-state index in [4.69, 9.17) is 29.4 Å². The van der Waals surface area contributed by atoms with Crippen molar-refractivity contribution in [2.75, 3.05) is 14.2 Å². The van der Waals surface area contributed by atoms with E-state index in [1.165, 1.54) is 21.1 Å². The van der Waals surface area contributed by atoms with E-state index in [0.29, 0.717) is 0 Å². The Labute approximate surface area is 175 Å². The molecule has 1 heterocycles. The van der Waals surface area contributed by atoms with Crippen LogP contribution in [0.5, 0.6) is 0 Å². The standard InChI is InChI=1S/C21H29NO8/c1-12(23)29-17-18(24)30-15-16(28-11-13-8-6-5-7-9-13)21(17,22)14(10-20(15,2)25)19(26-3)27-4/h5-9,14-17,19,25H,10-11,22H2,1-4H3/t14?,15?,16?,17-,20+,21-/m1/s1. The molecule has 2 fully saturated rings. The number of esters is 2. The smallest absolute Gasteiger partial charge is 0.350 e. The number of aliphatic hydroxyl groups is 1. The molecule has 1 aromatic carbocycles. The minimum atomic E-state index is -1.56. The van der Waals surface area contributed by atoms with E-state index < -0.39 is 53.6 Å². The predicted molar refractivity (Wildman–Crippen MR) is 104 cm³/mol. The first-order valence-corrected chi connectivity index (χ1v) is 9.75. The highest BCUT2D eigenvalue weighted by Crippen LogP contribution is 2.49. The molecule has 30 heavy (non-hydrogen) atoms. The molecular weight excluding hydrogens is 394 g/mol. The normalized spacial score (nSPS) is 35.8. The highest BCUT2D eigenvalue weighted by Gasteiger charge is 2.70. The molecule has 2 bridgehead atoms. The quantitative estimate of drug-likeness (QED) is 0.476. The molecule has 9 nitrogen and oxygen atoms in total. The summed E-state index contributed by atoms with van der Waals surface area (Å²) in [6.45, 7) is 2.88. The SMILES string of the molecule is COC(OC)C1C[C@](C)(O)C2OC(=O)[C@@H](OC(C)=O)[C@]1(N)C2OCc1ccccc1. The van der Waals surface area contributed by atoms with Gasteiger partial charge in [0, 0.05) is 27.1 Å². The van der Waals surface area contributed by atoms with Gasteiger partial charge in [-0.05, 0) is 18.9 Å². The number of methoxy groups -OCH3 is 2. The largest absolute Gasteiger partial charge is 0.454 e. The van der Waals surface area contributed by atoms with Gasteiger partial charge in [-0.2, -0.15) is 0 Å². The fourth-order valence-corrected chi connectivity index (χ4v) is 4.53. The van der Waals surface area contributed by atoms with Gasteiger partial charge in [-0.1, -0.05) is 30.3 Å². The molecule has 3 rings (SSSR count). The van der Waals surface area contributed by atoms with Crippen LogP contribution in [0.3, 0.4) is 0 Å². The van der Waals surface area contributed by atoms with Crippen LogP contribution in [0.4, 0.5) is 0 Å². The second kappa shape index (κ2) is 8.60. The molecule has 0 spiro atoms. The van der Waals surface area contributed by atoms with Gasteiger partial charge in [0.05, 0.1) is 6.61 Å². The van der Waals surface area contributed by atoms with Gasteiger partial charge in [-0.3, -0.25) is 4.79 Å². The topological polar surface area (TPSA) is 127 Å². The Morgan fingerprint density at radius 2 is 1.93 bits per heavy atom. The molecule has 2 aliphatic rings. The summed E-state index contributed by atoms with van der Waals surface area (Å²) in [6, 6.07) is 9.36. The lowest BCUT2D eigenvalue weighted by atomic mass is 9.60. The predicted octanol–water partition coefficient (Wildman–Crippen LogP) is 0.516. The van der Waals surface area contributed by atoms with Crippen LogP contribution in [0.2, 0.25) is 0 Å². The van der Waals surface area contributed by atoms with Crippen molar-refractivity contribution in [2.24, 2.45) is 11.7 Å². The zero-order valence-corrected chi connectivity index (χ0v) is 17.6. The van der Waals surface area contributed by atoms with E-state index in [1.807, 2.05) is 30.3 Å². The summed E-state index contributed by atoms with van der Waals surface area (Å²) in [5, 5.41) is 11.1. The maximum absolute atomic E-state index is 12.8.